The normalized spacial score (nSPS) is 22.7. The van der Waals surface area contributed by atoms with Crippen LogP contribution in [0, 0.1) is 24.2 Å². The summed E-state index contributed by atoms with van der Waals surface area (Å²) in [5.74, 6) is -1.12. The van der Waals surface area contributed by atoms with Gasteiger partial charge in [0, 0.05) is 43.1 Å². The number of aliphatic imine (C=N–C) groups is 1. The molecule has 0 saturated heterocycles. The topological polar surface area (TPSA) is 136 Å². The van der Waals surface area contributed by atoms with Crippen molar-refractivity contribution < 1.29 is 29.7 Å². The molecule has 8 nitrogen and oxygen atoms in total. The highest BCUT2D eigenvalue weighted by Crippen LogP contribution is 2.45. The van der Waals surface area contributed by atoms with E-state index in [9.17, 15) is 29.7 Å². The van der Waals surface area contributed by atoms with Crippen LogP contribution in [0.5, 0.6) is 11.5 Å². The lowest BCUT2D eigenvalue weighted by molar-refractivity contribution is -0.141. The molecule has 1 saturated carbocycles. The molecular formula is C31H43ClN2O6. The maximum atomic E-state index is 12.3. The van der Waals surface area contributed by atoms with Crippen LogP contribution in [0.3, 0.4) is 0 Å². The summed E-state index contributed by atoms with van der Waals surface area (Å²) >= 11 is 6.39. The van der Waals surface area contributed by atoms with Gasteiger partial charge >= 0.3 is 5.97 Å². The number of carboxylic acids is 1. The summed E-state index contributed by atoms with van der Waals surface area (Å²) < 4.78 is 0. The average Bonchev–Trinajstić information content (AvgIpc) is 2.90. The van der Waals surface area contributed by atoms with Crippen molar-refractivity contribution in [2.75, 3.05) is 6.54 Å². The maximum Gasteiger partial charge on any atom is 0.326 e. The predicted molar refractivity (Wildman–Crippen MR) is 158 cm³/mol. The van der Waals surface area contributed by atoms with Crippen molar-refractivity contribution in [3.63, 3.8) is 0 Å². The SMILES string of the molecule is CC(=O)N[C@H](CCCCN=Cc1c(C)c(Cl)c(O)c(C/C=C(C)/C=C/[C@@]2(C)[C@H](C)CCC(=O)[C@@H]2C)c1O)C(=O)O. The molecule has 0 spiro atoms. The summed E-state index contributed by atoms with van der Waals surface area (Å²) in [6.45, 7) is 11.6. The molecule has 0 unspecified atom stereocenters. The molecule has 1 aromatic carbocycles. The zero-order chi connectivity index (χ0) is 30.2. The number of nitrogens with one attached hydrogen (secondary N) is 1. The summed E-state index contributed by atoms with van der Waals surface area (Å²) in [6, 6.07) is -0.933. The van der Waals surface area contributed by atoms with Crippen LogP contribution in [-0.2, 0) is 20.8 Å². The van der Waals surface area contributed by atoms with Gasteiger partial charge in [0.1, 0.15) is 23.3 Å². The van der Waals surface area contributed by atoms with Crippen molar-refractivity contribution in [1.29, 1.82) is 0 Å². The van der Waals surface area contributed by atoms with Crippen LogP contribution in [0.1, 0.15) is 83.4 Å². The smallest absolute Gasteiger partial charge is 0.326 e. The summed E-state index contributed by atoms with van der Waals surface area (Å²) in [4.78, 5) is 39.1. The van der Waals surface area contributed by atoms with E-state index >= 15 is 0 Å². The Morgan fingerprint density at radius 3 is 2.50 bits per heavy atom. The number of carbonyl (C=O) groups is 3. The number of nitrogens with zero attached hydrogens (tertiary/aromatic N) is 1. The Bertz CT molecular complexity index is 1200. The largest absolute Gasteiger partial charge is 0.507 e. The minimum atomic E-state index is -1.08. The van der Waals surface area contributed by atoms with Crippen molar-refractivity contribution in [3.8, 4) is 11.5 Å². The standard InChI is InChI=1S/C31H43ClN2O6/c1-18(14-15-31(6)19(2)11-13-26(36)21(31)4)10-12-23-28(37)24(20(3)27(32)29(23)38)17-33-16-8-7-9-25(30(39)40)34-22(5)35/h10,14-15,17,19,21,25,37-38H,7-9,11-13,16H2,1-6H3,(H,34,35)(H,39,40)/b15-14+,18-10+,33-17?/t19-,21+,25-,31+/m1/s1. The lowest BCUT2D eigenvalue weighted by Gasteiger charge is -2.42. The molecule has 0 bridgehead atoms. The Morgan fingerprint density at radius 2 is 1.88 bits per heavy atom. The first kappa shape index (κ1) is 33.1. The maximum absolute atomic E-state index is 12.3. The molecule has 1 fully saturated rings. The van der Waals surface area contributed by atoms with Crippen molar-refractivity contribution in [2.24, 2.45) is 22.2 Å². The highest BCUT2D eigenvalue weighted by molar-refractivity contribution is 6.33. The number of phenols is 2. The fourth-order valence-corrected chi connectivity index (χ4v) is 5.27. The van der Waals surface area contributed by atoms with Gasteiger partial charge < -0.3 is 20.6 Å². The molecule has 0 heterocycles. The number of hydrogen-bond donors (Lipinski definition) is 4. The quantitative estimate of drug-likeness (QED) is 0.139. The molecule has 0 radical (unpaired) electrons. The van der Waals surface area contributed by atoms with E-state index in [0.29, 0.717) is 54.2 Å². The first-order valence-corrected chi connectivity index (χ1v) is 14.2. The number of Topliss-reactive ketones (excluding diaryl/α,β-unsaturated/α-hetero) is 1. The first-order chi connectivity index (χ1) is 18.7. The second-order valence-corrected chi connectivity index (χ2v) is 11.5. The van der Waals surface area contributed by atoms with Gasteiger partial charge in [-0.3, -0.25) is 14.6 Å². The second-order valence-electron chi connectivity index (χ2n) is 11.1. The number of amides is 1. The number of allylic oxidation sites excluding steroid dienone is 4. The molecule has 4 N–H and O–H groups in total. The van der Waals surface area contributed by atoms with E-state index in [1.54, 1.807) is 6.92 Å². The summed E-state index contributed by atoms with van der Waals surface area (Å²) in [7, 11) is 0. The van der Waals surface area contributed by atoms with E-state index in [4.69, 9.17) is 11.6 Å². The van der Waals surface area contributed by atoms with E-state index in [-0.39, 0.29) is 40.7 Å². The number of aromatic hydroxyl groups is 2. The van der Waals surface area contributed by atoms with Gasteiger partial charge in [-0.1, -0.05) is 56.2 Å². The average molecular weight is 575 g/mol. The van der Waals surface area contributed by atoms with Crippen LogP contribution in [0.2, 0.25) is 5.02 Å². The first-order valence-electron chi connectivity index (χ1n) is 13.8. The van der Waals surface area contributed by atoms with E-state index in [0.717, 1.165) is 12.0 Å². The van der Waals surface area contributed by atoms with Gasteiger partial charge in [-0.25, -0.2) is 4.79 Å². The lowest BCUT2D eigenvalue weighted by atomic mass is 9.61. The minimum absolute atomic E-state index is 0.0538. The zero-order valence-electron chi connectivity index (χ0n) is 24.4. The third kappa shape index (κ3) is 8.19. The second kappa shape index (κ2) is 14.5. The summed E-state index contributed by atoms with van der Waals surface area (Å²) in [6.07, 6.45) is 10.7. The number of benzene rings is 1. The Balaban J connectivity index is 2.12. The van der Waals surface area contributed by atoms with Gasteiger partial charge in [-0.15, -0.1) is 0 Å². The van der Waals surface area contributed by atoms with Crippen molar-refractivity contribution in [1.82, 2.24) is 5.32 Å². The fraction of sp³-hybridized carbons (Fsp3) is 0.548. The fourth-order valence-electron chi connectivity index (χ4n) is 5.05. The Kier molecular flexibility index (Phi) is 12.0. The molecule has 1 aliphatic rings. The Labute approximate surface area is 242 Å². The van der Waals surface area contributed by atoms with Crippen LogP contribution in [-0.4, -0.2) is 51.8 Å². The van der Waals surface area contributed by atoms with E-state index in [1.165, 1.54) is 13.1 Å². The molecule has 1 aliphatic carbocycles. The van der Waals surface area contributed by atoms with E-state index in [2.05, 4.69) is 30.2 Å². The van der Waals surface area contributed by atoms with Gasteiger partial charge in [0.05, 0.1) is 5.02 Å². The van der Waals surface area contributed by atoms with Crippen LogP contribution < -0.4 is 5.32 Å². The third-order valence-corrected chi connectivity index (χ3v) is 8.79. The number of carbonyl (C=O) groups excluding carboxylic acids is 2. The molecule has 9 heteroatoms. The number of rotatable bonds is 12. The lowest BCUT2D eigenvalue weighted by Crippen LogP contribution is -2.40. The van der Waals surface area contributed by atoms with Gasteiger partial charge in [0.2, 0.25) is 5.91 Å². The van der Waals surface area contributed by atoms with Gasteiger partial charge in [0.25, 0.3) is 0 Å². The molecule has 1 amide bonds. The van der Waals surface area contributed by atoms with Gasteiger partial charge in [0.15, 0.2) is 0 Å². The minimum Gasteiger partial charge on any atom is -0.507 e. The highest BCUT2D eigenvalue weighted by atomic mass is 35.5. The van der Waals surface area contributed by atoms with Crippen LogP contribution >= 0.6 is 11.6 Å². The number of phenolic OH excluding ortho intramolecular Hbond substituents is 2. The van der Waals surface area contributed by atoms with Crippen LogP contribution in [0.15, 0.2) is 28.8 Å². The zero-order valence-corrected chi connectivity index (χ0v) is 25.1. The van der Waals surface area contributed by atoms with Crippen LogP contribution in [0.4, 0.5) is 0 Å². The number of halogens is 1. The van der Waals surface area contributed by atoms with E-state index < -0.39 is 17.9 Å². The number of aliphatic carboxylic acids is 1. The van der Waals surface area contributed by atoms with Crippen molar-refractivity contribution >= 4 is 35.5 Å². The molecule has 0 aromatic heterocycles. The summed E-state index contributed by atoms with van der Waals surface area (Å²) in [5.41, 5.74) is 1.91. The summed E-state index contributed by atoms with van der Waals surface area (Å²) in [5, 5.41) is 33.4. The number of hydrogen-bond acceptors (Lipinski definition) is 6. The molecule has 40 heavy (non-hydrogen) atoms. The molecule has 1 aromatic rings. The Morgan fingerprint density at radius 1 is 1.20 bits per heavy atom. The number of unbranched alkanes of at least 4 members (excludes halogenated alkanes) is 1. The highest BCUT2D eigenvalue weighted by Gasteiger charge is 2.41. The molecule has 0 aliphatic heterocycles. The monoisotopic (exact) mass is 574 g/mol. The van der Waals surface area contributed by atoms with Crippen LogP contribution in [0.25, 0.3) is 0 Å². The number of carboxylic acid groups (broad SMARTS) is 1. The Hall–Kier alpha value is -3.13. The molecule has 4 atom stereocenters. The van der Waals surface area contributed by atoms with Crippen molar-refractivity contribution in [2.45, 2.75) is 86.1 Å². The van der Waals surface area contributed by atoms with Gasteiger partial charge in [-0.2, -0.15) is 0 Å². The predicted octanol–water partition coefficient (Wildman–Crippen LogP) is 5.92. The molecular weight excluding hydrogens is 532 g/mol. The molecule has 2 rings (SSSR count). The number of ketones is 1. The third-order valence-electron chi connectivity index (χ3n) is 8.33. The van der Waals surface area contributed by atoms with Crippen molar-refractivity contribution in [3.05, 3.63) is 45.5 Å². The van der Waals surface area contributed by atoms with E-state index in [1.807, 2.05) is 26.0 Å². The van der Waals surface area contributed by atoms with Gasteiger partial charge in [-0.05, 0) is 62.8 Å². The molecule has 220 valence electrons.